The Labute approximate surface area is 251 Å². The Hall–Kier alpha value is -4.69. The fraction of sp³-hybridized carbons (Fsp3) is 0.286. The molecule has 2 amide bonds. The van der Waals surface area contributed by atoms with Crippen molar-refractivity contribution in [2.45, 2.75) is 43.7 Å². The van der Waals surface area contributed by atoms with E-state index in [1.165, 1.54) is 18.2 Å². The number of ether oxygens (including phenoxy) is 2. The summed E-state index contributed by atoms with van der Waals surface area (Å²) in [5, 5.41) is 7.69. The molecule has 1 aliphatic rings. The fourth-order valence-corrected chi connectivity index (χ4v) is 5.68. The number of rotatable bonds is 12. The summed E-state index contributed by atoms with van der Waals surface area (Å²) in [5.74, 6) is -0.939. The summed E-state index contributed by atoms with van der Waals surface area (Å²) in [5.41, 5.74) is 11.7. The van der Waals surface area contributed by atoms with Crippen LogP contribution in [0.3, 0.4) is 0 Å². The second kappa shape index (κ2) is 14.0. The highest BCUT2D eigenvalue weighted by atomic mass is 16.5. The maximum absolute atomic E-state index is 12.8. The number of methoxy groups -OCH3 is 1. The molecule has 0 saturated heterocycles. The van der Waals surface area contributed by atoms with E-state index in [-0.39, 0.29) is 12.5 Å². The Kier molecular flexibility index (Phi) is 9.69. The maximum atomic E-state index is 12.8. The number of hydrogen-bond acceptors (Lipinski definition) is 6. The Bertz CT molecular complexity index is 1560. The van der Waals surface area contributed by atoms with Crippen LogP contribution in [0, 0.1) is 0 Å². The Morgan fingerprint density at radius 2 is 1.49 bits per heavy atom. The predicted molar refractivity (Wildman–Crippen MR) is 166 cm³/mol. The molecule has 8 heteroatoms. The number of unbranched alkanes of at least 4 members (excludes halogenated alkanes) is 1. The number of alkyl carbamates (subject to hydrolysis) is 1. The van der Waals surface area contributed by atoms with Crippen LogP contribution in [-0.2, 0) is 25.5 Å². The topological polar surface area (TPSA) is 120 Å². The molecular formula is C35H37N3O5. The average Bonchev–Trinajstić information content (AvgIpc) is 3.36. The number of carbonyl (C=O) groups is 3. The number of nitrogens with one attached hydrogen (secondary N) is 2. The van der Waals surface area contributed by atoms with Gasteiger partial charge in [0.05, 0.1) is 13.2 Å². The molecule has 0 heterocycles. The van der Waals surface area contributed by atoms with Gasteiger partial charge in [-0.25, -0.2) is 9.59 Å². The number of benzene rings is 4. The summed E-state index contributed by atoms with van der Waals surface area (Å²) >= 11 is 0. The van der Waals surface area contributed by atoms with Gasteiger partial charge in [-0.2, -0.15) is 0 Å². The third-order valence-electron chi connectivity index (χ3n) is 7.95. The van der Waals surface area contributed by atoms with Crippen LogP contribution in [0.25, 0.3) is 21.9 Å². The van der Waals surface area contributed by atoms with Gasteiger partial charge in [-0.05, 0) is 57.9 Å². The SMILES string of the molecule is COC(=O)[C@H](Cc1ccc2ccccc2c1)NC(=O)C(N)CCCCNC(=O)OCC1c2ccccc2-c2ccccc21. The number of fused-ring (bicyclic) bond motifs is 4. The van der Waals surface area contributed by atoms with Crippen LogP contribution >= 0.6 is 0 Å². The molecule has 2 atom stereocenters. The van der Waals surface area contributed by atoms with E-state index < -0.39 is 30.1 Å². The summed E-state index contributed by atoms with van der Waals surface area (Å²) in [7, 11) is 1.30. The van der Waals surface area contributed by atoms with E-state index in [2.05, 4.69) is 34.9 Å². The lowest BCUT2D eigenvalue weighted by molar-refractivity contribution is -0.145. The fourth-order valence-electron chi connectivity index (χ4n) is 5.68. The molecule has 4 N–H and O–H groups in total. The zero-order valence-corrected chi connectivity index (χ0v) is 24.3. The molecule has 1 aliphatic carbocycles. The second-order valence-corrected chi connectivity index (χ2v) is 10.8. The van der Waals surface area contributed by atoms with Crippen molar-refractivity contribution in [1.29, 1.82) is 0 Å². The van der Waals surface area contributed by atoms with Crippen molar-refractivity contribution in [3.8, 4) is 11.1 Å². The molecule has 43 heavy (non-hydrogen) atoms. The monoisotopic (exact) mass is 579 g/mol. The van der Waals surface area contributed by atoms with E-state index >= 15 is 0 Å². The molecule has 0 radical (unpaired) electrons. The van der Waals surface area contributed by atoms with E-state index in [1.54, 1.807) is 0 Å². The van der Waals surface area contributed by atoms with Gasteiger partial charge < -0.3 is 25.8 Å². The van der Waals surface area contributed by atoms with Crippen molar-refractivity contribution in [2.24, 2.45) is 5.73 Å². The van der Waals surface area contributed by atoms with Crippen LogP contribution in [0.2, 0.25) is 0 Å². The molecule has 1 unspecified atom stereocenters. The summed E-state index contributed by atoms with van der Waals surface area (Å²) in [6, 6.07) is 28.6. The van der Waals surface area contributed by atoms with Gasteiger partial charge in [0.15, 0.2) is 0 Å². The van der Waals surface area contributed by atoms with Crippen molar-refractivity contribution in [1.82, 2.24) is 10.6 Å². The van der Waals surface area contributed by atoms with E-state index in [0.717, 1.165) is 27.5 Å². The summed E-state index contributed by atoms with van der Waals surface area (Å²) in [6.07, 6.45) is 1.47. The van der Waals surface area contributed by atoms with E-state index in [0.29, 0.717) is 32.2 Å². The molecule has 0 aromatic heterocycles. The predicted octanol–water partition coefficient (Wildman–Crippen LogP) is 5.08. The number of amides is 2. The van der Waals surface area contributed by atoms with Gasteiger partial charge >= 0.3 is 12.1 Å². The van der Waals surface area contributed by atoms with Crippen LogP contribution in [0.4, 0.5) is 4.79 Å². The molecule has 0 bridgehead atoms. The summed E-state index contributed by atoms with van der Waals surface area (Å²) in [4.78, 5) is 37.6. The molecule has 5 rings (SSSR count). The van der Waals surface area contributed by atoms with Gasteiger partial charge in [-0.1, -0.05) is 91.0 Å². The molecular weight excluding hydrogens is 542 g/mol. The average molecular weight is 580 g/mol. The molecule has 8 nitrogen and oxygen atoms in total. The lowest BCUT2D eigenvalue weighted by Crippen LogP contribution is -2.49. The van der Waals surface area contributed by atoms with Gasteiger partial charge in [0.25, 0.3) is 0 Å². The number of carbonyl (C=O) groups excluding carboxylic acids is 3. The van der Waals surface area contributed by atoms with Gasteiger partial charge in [0.2, 0.25) is 5.91 Å². The molecule has 4 aromatic rings. The van der Waals surface area contributed by atoms with Crippen molar-refractivity contribution in [2.75, 3.05) is 20.3 Å². The first kappa shape index (κ1) is 29.8. The summed E-state index contributed by atoms with van der Waals surface area (Å²) < 4.78 is 10.5. The zero-order valence-electron chi connectivity index (χ0n) is 24.3. The first-order valence-electron chi connectivity index (χ1n) is 14.6. The highest BCUT2D eigenvalue weighted by Gasteiger charge is 2.29. The molecule has 0 saturated carbocycles. The normalized spacial score (nSPS) is 13.4. The van der Waals surface area contributed by atoms with Gasteiger partial charge in [0.1, 0.15) is 12.6 Å². The summed E-state index contributed by atoms with van der Waals surface area (Å²) in [6.45, 7) is 0.656. The minimum Gasteiger partial charge on any atom is -0.467 e. The van der Waals surface area contributed by atoms with Gasteiger partial charge in [-0.3, -0.25) is 4.79 Å². The highest BCUT2D eigenvalue weighted by molar-refractivity contribution is 5.88. The zero-order chi connectivity index (χ0) is 30.2. The van der Waals surface area contributed by atoms with Crippen molar-refractivity contribution < 1.29 is 23.9 Å². The van der Waals surface area contributed by atoms with Crippen LogP contribution in [0.15, 0.2) is 91.0 Å². The third-order valence-corrected chi connectivity index (χ3v) is 7.95. The minimum absolute atomic E-state index is 0.00436. The molecule has 0 fully saturated rings. The molecule has 4 aromatic carbocycles. The van der Waals surface area contributed by atoms with Crippen LogP contribution in [0.5, 0.6) is 0 Å². The van der Waals surface area contributed by atoms with Crippen LogP contribution in [0.1, 0.15) is 41.9 Å². The van der Waals surface area contributed by atoms with Crippen molar-refractivity contribution >= 4 is 28.7 Å². The van der Waals surface area contributed by atoms with E-state index in [4.69, 9.17) is 15.2 Å². The minimum atomic E-state index is -0.847. The van der Waals surface area contributed by atoms with Crippen LogP contribution in [-0.4, -0.2) is 50.3 Å². The molecule has 0 spiro atoms. The molecule has 222 valence electrons. The Morgan fingerprint density at radius 1 is 0.837 bits per heavy atom. The number of hydrogen-bond donors (Lipinski definition) is 3. The maximum Gasteiger partial charge on any atom is 0.407 e. The van der Waals surface area contributed by atoms with E-state index in [9.17, 15) is 14.4 Å². The Morgan fingerprint density at radius 3 is 2.19 bits per heavy atom. The number of nitrogens with two attached hydrogens (primary N) is 1. The third kappa shape index (κ3) is 7.21. The van der Waals surface area contributed by atoms with Crippen molar-refractivity contribution in [3.63, 3.8) is 0 Å². The highest BCUT2D eigenvalue weighted by Crippen LogP contribution is 2.44. The van der Waals surface area contributed by atoms with Gasteiger partial charge in [-0.15, -0.1) is 0 Å². The lowest BCUT2D eigenvalue weighted by Gasteiger charge is -2.19. The molecule has 0 aliphatic heterocycles. The first-order valence-corrected chi connectivity index (χ1v) is 14.6. The Balaban J connectivity index is 1.03. The standard InChI is InChI=1S/C35H37N3O5/c1-42-34(40)32(21-23-17-18-24-10-2-3-11-25(24)20-23)38-33(39)31(36)16-8-9-19-37-35(41)43-22-30-28-14-6-4-12-26(28)27-13-5-7-15-29(27)30/h2-7,10-15,17-18,20,30-32H,8-9,16,19,21-22,36H2,1H3,(H,37,41)(H,38,39)/t31?,32-/m0/s1. The van der Waals surface area contributed by atoms with Crippen molar-refractivity contribution in [3.05, 3.63) is 108 Å². The van der Waals surface area contributed by atoms with E-state index in [1.807, 2.05) is 66.7 Å². The number of esters is 1. The quantitative estimate of drug-likeness (QED) is 0.159. The first-order chi connectivity index (χ1) is 20.9. The van der Waals surface area contributed by atoms with Gasteiger partial charge in [0, 0.05) is 18.9 Å². The second-order valence-electron chi connectivity index (χ2n) is 10.8. The lowest BCUT2D eigenvalue weighted by atomic mass is 9.98. The smallest absolute Gasteiger partial charge is 0.407 e. The van der Waals surface area contributed by atoms with Crippen LogP contribution < -0.4 is 16.4 Å². The largest absolute Gasteiger partial charge is 0.467 e.